The van der Waals surface area contributed by atoms with Gasteiger partial charge >= 0.3 is 0 Å². The summed E-state index contributed by atoms with van der Waals surface area (Å²) in [4.78, 5) is 0. The molecule has 1 aliphatic heterocycles. The minimum Gasteiger partial charge on any atom is -0.381 e. The van der Waals surface area contributed by atoms with Crippen LogP contribution in [-0.4, -0.2) is 13.2 Å². The number of hydrogen-bond donors (Lipinski definition) is 1. The van der Waals surface area contributed by atoms with Crippen molar-refractivity contribution in [3.63, 3.8) is 0 Å². The predicted octanol–water partition coefficient (Wildman–Crippen LogP) is 3.58. The minimum atomic E-state index is -0.605. The van der Waals surface area contributed by atoms with E-state index in [1.807, 2.05) is 0 Å². The van der Waals surface area contributed by atoms with E-state index in [9.17, 15) is 8.78 Å². The fourth-order valence-electron chi connectivity index (χ4n) is 2.18. The van der Waals surface area contributed by atoms with Crippen LogP contribution in [0.25, 0.3) is 0 Å². The Kier molecular flexibility index (Phi) is 5.98. The third-order valence-electron chi connectivity index (χ3n) is 3.15. The summed E-state index contributed by atoms with van der Waals surface area (Å²) < 4.78 is 33.1. The van der Waals surface area contributed by atoms with Crippen LogP contribution in [0.15, 0.2) is 16.6 Å². The lowest BCUT2D eigenvalue weighted by Crippen LogP contribution is -2.29. The topological polar surface area (TPSA) is 35.2 Å². The Balaban J connectivity index is 0.00000162. The number of halogens is 4. The summed E-state index contributed by atoms with van der Waals surface area (Å²) in [5.41, 5.74) is 5.96. The molecule has 0 unspecified atom stereocenters. The molecule has 1 heterocycles. The summed E-state index contributed by atoms with van der Waals surface area (Å²) in [5.74, 6) is -1.10. The van der Waals surface area contributed by atoms with Gasteiger partial charge in [-0.2, -0.15) is 0 Å². The second-order valence-corrected chi connectivity index (χ2v) is 5.17. The lowest BCUT2D eigenvalue weighted by molar-refractivity contribution is 0.0576. The molecule has 2 rings (SSSR count). The van der Waals surface area contributed by atoms with Crippen molar-refractivity contribution in [1.29, 1.82) is 0 Å². The molecule has 0 radical (unpaired) electrons. The molecule has 1 fully saturated rings. The van der Waals surface area contributed by atoms with Crippen molar-refractivity contribution in [2.75, 3.05) is 13.2 Å². The Hall–Kier alpha value is -0.230. The molecule has 2 N–H and O–H groups in total. The fourth-order valence-corrected chi connectivity index (χ4v) is 2.58. The summed E-state index contributed by atoms with van der Waals surface area (Å²) >= 11 is 3.05. The molecule has 0 spiro atoms. The van der Waals surface area contributed by atoms with E-state index in [-0.39, 0.29) is 23.9 Å². The van der Waals surface area contributed by atoms with Crippen molar-refractivity contribution in [1.82, 2.24) is 0 Å². The second kappa shape index (κ2) is 6.80. The van der Waals surface area contributed by atoms with Gasteiger partial charge in [0, 0.05) is 29.3 Å². The highest BCUT2D eigenvalue weighted by molar-refractivity contribution is 9.10. The van der Waals surface area contributed by atoms with Crippen LogP contribution in [0, 0.1) is 17.6 Å². The fraction of sp³-hybridized carbons (Fsp3) is 0.500. The third-order valence-corrected chi connectivity index (χ3v) is 3.61. The minimum absolute atomic E-state index is 0. The van der Waals surface area contributed by atoms with Gasteiger partial charge in [0.1, 0.15) is 11.6 Å². The Morgan fingerprint density at radius 1 is 1.22 bits per heavy atom. The molecule has 2 nitrogen and oxygen atoms in total. The number of benzene rings is 1. The zero-order valence-corrected chi connectivity index (χ0v) is 12.1. The maximum atomic E-state index is 13.7. The third kappa shape index (κ3) is 3.41. The summed E-state index contributed by atoms with van der Waals surface area (Å²) in [6.07, 6.45) is 1.49. The highest BCUT2D eigenvalue weighted by Gasteiger charge is 2.27. The molecule has 1 atom stereocenters. The molecule has 1 aromatic rings. The number of ether oxygens (including phenoxy) is 1. The molecule has 0 bridgehead atoms. The van der Waals surface area contributed by atoms with Crippen molar-refractivity contribution in [3.8, 4) is 0 Å². The zero-order chi connectivity index (χ0) is 12.4. The van der Waals surface area contributed by atoms with Crippen molar-refractivity contribution in [2.24, 2.45) is 11.7 Å². The highest BCUT2D eigenvalue weighted by Crippen LogP contribution is 2.32. The van der Waals surface area contributed by atoms with Crippen LogP contribution < -0.4 is 5.73 Å². The van der Waals surface area contributed by atoms with Crippen LogP contribution in [0.2, 0.25) is 0 Å². The number of nitrogens with two attached hydrogens (primary N) is 1. The summed E-state index contributed by atoms with van der Waals surface area (Å²) in [7, 11) is 0. The Labute approximate surface area is 119 Å². The first-order valence-corrected chi connectivity index (χ1v) is 6.36. The van der Waals surface area contributed by atoms with Gasteiger partial charge in [0.15, 0.2) is 0 Å². The normalized spacial score (nSPS) is 18.2. The van der Waals surface area contributed by atoms with E-state index in [1.54, 1.807) is 0 Å². The van der Waals surface area contributed by atoms with Crippen LogP contribution in [0.4, 0.5) is 8.78 Å². The van der Waals surface area contributed by atoms with E-state index in [0.717, 1.165) is 12.8 Å². The van der Waals surface area contributed by atoms with Gasteiger partial charge in [-0.3, -0.25) is 0 Å². The molecule has 0 aromatic heterocycles. The van der Waals surface area contributed by atoms with Gasteiger partial charge in [-0.25, -0.2) is 8.78 Å². The van der Waals surface area contributed by atoms with Crippen molar-refractivity contribution >= 4 is 28.3 Å². The highest BCUT2D eigenvalue weighted by atomic mass is 79.9. The van der Waals surface area contributed by atoms with Gasteiger partial charge in [0.2, 0.25) is 0 Å². The van der Waals surface area contributed by atoms with Crippen molar-refractivity contribution in [3.05, 3.63) is 33.8 Å². The molecule has 1 aromatic carbocycles. The van der Waals surface area contributed by atoms with Crippen molar-refractivity contribution in [2.45, 2.75) is 18.9 Å². The molecule has 0 amide bonds. The average Bonchev–Trinajstić information content (AvgIpc) is 2.28. The molecule has 18 heavy (non-hydrogen) atoms. The Bertz CT molecular complexity index is 390. The smallest absolute Gasteiger partial charge is 0.132 e. The lowest BCUT2D eigenvalue weighted by atomic mass is 9.87. The van der Waals surface area contributed by atoms with Gasteiger partial charge in [-0.1, -0.05) is 15.9 Å². The van der Waals surface area contributed by atoms with Crippen LogP contribution in [0.3, 0.4) is 0 Å². The monoisotopic (exact) mass is 341 g/mol. The van der Waals surface area contributed by atoms with Gasteiger partial charge < -0.3 is 10.5 Å². The van der Waals surface area contributed by atoms with E-state index < -0.39 is 17.7 Å². The van der Waals surface area contributed by atoms with Crippen molar-refractivity contribution < 1.29 is 13.5 Å². The van der Waals surface area contributed by atoms with Crippen LogP contribution in [0.1, 0.15) is 24.4 Å². The first-order valence-electron chi connectivity index (χ1n) is 5.57. The number of rotatable bonds is 2. The predicted molar refractivity (Wildman–Crippen MR) is 71.8 cm³/mol. The van der Waals surface area contributed by atoms with E-state index in [0.29, 0.717) is 17.7 Å². The summed E-state index contributed by atoms with van der Waals surface area (Å²) in [5, 5.41) is 0. The Morgan fingerprint density at radius 3 is 2.22 bits per heavy atom. The SMILES string of the molecule is Cl.N[C@H](c1c(F)cc(Br)cc1F)C1CCOCC1. The maximum Gasteiger partial charge on any atom is 0.132 e. The van der Waals surface area contributed by atoms with E-state index in [4.69, 9.17) is 10.5 Å². The second-order valence-electron chi connectivity index (χ2n) is 4.26. The van der Waals surface area contributed by atoms with Crippen LogP contribution in [-0.2, 0) is 4.74 Å². The standard InChI is InChI=1S/C12H14BrF2NO.ClH/c13-8-5-9(14)11(10(15)6-8)12(16)7-1-3-17-4-2-7;/h5-7,12H,1-4,16H2;1H/t12-;/m0./s1. The van der Waals surface area contributed by atoms with Crippen LogP contribution >= 0.6 is 28.3 Å². The molecule has 1 saturated heterocycles. The first-order chi connectivity index (χ1) is 8.09. The summed E-state index contributed by atoms with van der Waals surface area (Å²) in [6.45, 7) is 1.22. The lowest BCUT2D eigenvalue weighted by Gasteiger charge is -2.28. The van der Waals surface area contributed by atoms with E-state index in [1.165, 1.54) is 12.1 Å². The molecule has 6 heteroatoms. The largest absolute Gasteiger partial charge is 0.381 e. The molecular formula is C12H15BrClF2NO. The quantitative estimate of drug-likeness (QED) is 0.891. The molecule has 0 saturated carbocycles. The van der Waals surface area contributed by atoms with Gasteiger partial charge in [-0.15, -0.1) is 12.4 Å². The van der Waals surface area contributed by atoms with Gasteiger partial charge in [-0.05, 0) is 30.9 Å². The molecule has 0 aliphatic carbocycles. The number of hydrogen-bond acceptors (Lipinski definition) is 2. The summed E-state index contributed by atoms with van der Waals surface area (Å²) in [6, 6.07) is 1.89. The van der Waals surface area contributed by atoms with E-state index in [2.05, 4.69) is 15.9 Å². The maximum absolute atomic E-state index is 13.7. The first kappa shape index (κ1) is 15.8. The van der Waals surface area contributed by atoms with Crippen LogP contribution in [0.5, 0.6) is 0 Å². The molecule has 102 valence electrons. The zero-order valence-electron chi connectivity index (χ0n) is 9.67. The average molecular weight is 343 g/mol. The van der Waals surface area contributed by atoms with Gasteiger partial charge in [0.25, 0.3) is 0 Å². The molecular weight excluding hydrogens is 327 g/mol. The van der Waals surface area contributed by atoms with E-state index >= 15 is 0 Å². The van der Waals surface area contributed by atoms with Gasteiger partial charge in [0.05, 0.1) is 0 Å². The molecule has 1 aliphatic rings. The Morgan fingerprint density at radius 2 is 1.72 bits per heavy atom.